The van der Waals surface area contributed by atoms with E-state index in [-0.39, 0.29) is 17.4 Å². The Bertz CT molecular complexity index is 736. The number of allylic oxidation sites excluding steroid dienone is 1. The molecular weight excluding hydrogens is 334 g/mol. The van der Waals surface area contributed by atoms with Crippen LogP contribution in [0.25, 0.3) is 10.6 Å². The number of thiophene rings is 1. The van der Waals surface area contributed by atoms with Gasteiger partial charge in [0.2, 0.25) is 5.88 Å². The number of hydrogen-bond donors (Lipinski definition) is 2. The van der Waals surface area contributed by atoms with Gasteiger partial charge in [-0.2, -0.15) is 0 Å². The maximum atomic E-state index is 12.4. The number of nitrogens with one attached hydrogen (secondary N) is 1. The SMILES string of the molecule is Nc1onc(-c2ccc(Cl)s2)c1C(=O)NCCC1=CCCCC1. The third-order valence-corrected chi connectivity index (χ3v) is 5.11. The van der Waals surface area contributed by atoms with Gasteiger partial charge in [0.15, 0.2) is 0 Å². The lowest BCUT2D eigenvalue weighted by molar-refractivity contribution is 0.0955. The Labute approximate surface area is 143 Å². The average molecular weight is 352 g/mol. The highest BCUT2D eigenvalue weighted by molar-refractivity contribution is 7.19. The zero-order valence-corrected chi connectivity index (χ0v) is 14.2. The second kappa shape index (κ2) is 7.19. The van der Waals surface area contributed by atoms with Crippen LogP contribution in [0.4, 0.5) is 5.88 Å². The first-order chi connectivity index (χ1) is 11.1. The Kier molecular flexibility index (Phi) is 5.03. The lowest BCUT2D eigenvalue weighted by Crippen LogP contribution is -2.25. The first kappa shape index (κ1) is 16.1. The molecule has 3 N–H and O–H groups in total. The van der Waals surface area contributed by atoms with E-state index in [0.717, 1.165) is 24.1 Å². The Morgan fingerprint density at radius 3 is 3.00 bits per heavy atom. The number of halogens is 1. The molecule has 0 aromatic carbocycles. The molecule has 5 nitrogen and oxygen atoms in total. The van der Waals surface area contributed by atoms with E-state index in [1.54, 1.807) is 12.1 Å². The lowest BCUT2D eigenvalue weighted by Gasteiger charge is -2.12. The summed E-state index contributed by atoms with van der Waals surface area (Å²) in [5.41, 5.74) is 7.91. The zero-order chi connectivity index (χ0) is 16.2. The van der Waals surface area contributed by atoms with Gasteiger partial charge in [0.1, 0.15) is 11.3 Å². The highest BCUT2D eigenvalue weighted by Crippen LogP contribution is 2.34. The summed E-state index contributed by atoms with van der Waals surface area (Å²) in [7, 11) is 0. The topological polar surface area (TPSA) is 81.2 Å². The molecule has 0 fully saturated rings. The third kappa shape index (κ3) is 3.76. The molecule has 0 radical (unpaired) electrons. The molecule has 1 aliphatic rings. The minimum atomic E-state index is -0.264. The molecule has 23 heavy (non-hydrogen) atoms. The van der Waals surface area contributed by atoms with Crippen molar-refractivity contribution in [2.45, 2.75) is 32.1 Å². The summed E-state index contributed by atoms with van der Waals surface area (Å²) >= 11 is 7.27. The Morgan fingerprint density at radius 2 is 2.30 bits per heavy atom. The van der Waals surface area contributed by atoms with Crippen molar-refractivity contribution in [3.05, 3.63) is 33.7 Å². The second-order valence-electron chi connectivity index (χ2n) is 5.49. The number of carbonyl (C=O) groups is 1. The van der Waals surface area contributed by atoms with Crippen molar-refractivity contribution >= 4 is 34.7 Å². The largest absolute Gasteiger partial charge is 0.367 e. The first-order valence-electron chi connectivity index (χ1n) is 7.62. The molecule has 2 heterocycles. The van der Waals surface area contributed by atoms with Gasteiger partial charge in [0.25, 0.3) is 5.91 Å². The molecule has 122 valence electrons. The van der Waals surface area contributed by atoms with E-state index < -0.39 is 0 Å². The number of aromatic nitrogens is 1. The summed E-state index contributed by atoms with van der Waals surface area (Å²) in [6.45, 7) is 0.583. The van der Waals surface area contributed by atoms with E-state index in [9.17, 15) is 4.79 Å². The van der Waals surface area contributed by atoms with Crippen LogP contribution in [0, 0.1) is 0 Å². The van der Waals surface area contributed by atoms with Gasteiger partial charge >= 0.3 is 0 Å². The highest BCUT2D eigenvalue weighted by Gasteiger charge is 2.23. The van der Waals surface area contributed by atoms with Gasteiger partial charge in [-0.25, -0.2) is 0 Å². The number of hydrogen-bond acceptors (Lipinski definition) is 5. The number of nitrogens with zero attached hydrogens (tertiary/aromatic N) is 1. The maximum absolute atomic E-state index is 12.4. The average Bonchev–Trinajstić information content (AvgIpc) is 3.14. The van der Waals surface area contributed by atoms with E-state index in [1.807, 2.05) is 0 Å². The van der Waals surface area contributed by atoms with Crippen LogP contribution in [-0.4, -0.2) is 17.6 Å². The monoisotopic (exact) mass is 351 g/mol. The number of nitrogen functional groups attached to an aromatic ring is 1. The zero-order valence-electron chi connectivity index (χ0n) is 12.6. The van der Waals surface area contributed by atoms with Crippen LogP contribution >= 0.6 is 22.9 Å². The maximum Gasteiger partial charge on any atom is 0.259 e. The number of rotatable bonds is 5. The fourth-order valence-corrected chi connectivity index (χ4v) is 3.72. The van der Waals surface area contributed by atoms with Crippen molar-refractivity contribution in [3.63, 3.8) is 0 Å². The van der Waals surface area contributed by atoms with E-state index in [4.69, 9.17) is 21.9 Å². The van der Waals surface area contributed by atoms with Crippen LogP contribution in [-0.2, 0) is 0 Å². The fraction of sp³-hybridized carbons (Fsp3) is 0.375. The molecule has 0 unspecified atom stereocenters. The summed E-state index contributed by atoms with van der Waals surface area (Å²) < 4.78 is 5.62. The third-order valence-electron chi connectivity index (χ3n) is 3.87. The summed E-state index contributed by atoms with van der Waals surface area (Å²) in [5, 5.41) is 6.80. The number of anilines is 1. The van der Waals surface area contributed by atoms with Crippen LogP contribution in [0.5, 0.6) is 0 Å². The summed E-state index contributed by atoms with van der Waals surface area (Å²) in [6.07, 6.45) is 7.93. The molecule has 1 amide bonds. The van der Waals surface area contributed by atoms with Crippen molar-refractivity contribution in [1.82, 2.24) is 10.5 Å². The van der Waals surface area contributed by atoms with Gasteiger partial charge in [-0.15, -0.1) is 11.3 Å². The number of nitrogens with two attached hydrogens (primary N) is 1. The van der Waals surface area contributed by atoms with Crippen molar-refractivity contribution in [1.29, 1.82) is 0 Å². The first-order valence-corrected chi connectivity index (χ1v) is 8.81. The Morgan fingerprint density at radius 1 is 1.43 bits per heavy atom. The molecule has 0 spiro atoms. The molecule has 0 atom stereocenters. The molecule has 3 rings (SSSR count). The van der Waals surface area contributed by atoms with Gasteiger partial charge < -0.3 is 15.6 Å². The predicted octanol–water partition coefficient (Wildman–Crippen LogP) is 4.26. The summed E-state index contributed by atoms with van der Waals surface area (Å²) in [4.78, 5) is 13.2. The molecule has 2 aromatic rings. The van der Waals surface area contributed by atoms with Crippen molar-refractivity contribution in [2.24, 2.45) is 0 Å². The standard InChI is InChI=1S/C16H18ClN3O2S/c17-12-7-6-11(23-12)14-13(15(18)22-20-14)16(21)19-9-8-10-4-2-1-3-5-10/h4,6-7H,1-3,5,8-9,18H2,(H,19,21). The van der Waals surface area contributed by atoms with Crippen LogP contribution < -0.4 is 11.1 Å². The molecule has 0 bridgehead atoms. The molecule has 0 aliphatic heterocycles. The van der Waals surface area contributed by atoms with Crippen LogP contribution in [0.1, 0.15) is 42.5 Å². The van der Waals surface area contributed by atoms with Crippen molar-refractivity contribution in [3.8, 4) is 10.6 Å². The van der Waals surface area contributed by atoms with Gasteiger partial charge in [0, 0.05) is 6.54 Å². The van der Waals surface area contributed by atoms with Crippen LogP contribution in [0.3, 0.4) is 0 Å². The molecular formula is C16H18ClN3O2S. The molecule has 1 aliphatic carbocycles. The normalized spacial score (nSPS) is 14.6. The van der Waals surface area contributed by atoms with Crippen LogP contribution in [0.15, 0.2) is 28.3 Å². The molecule has 0 saturated carbocycles. The summed E-state index contributed by atoms with van der Waals surface area (Å²) in [6, 6.07) is 3.55. The van der Waals surface area contributed by atoms with E-state index in [0.29, 0.717) is 16.6 Å². The highest BCUT2D eigenvalue weighted by atomic mass is 35.5. The number of amides is 1. The number of carbonyl (C=O) groups excluding carboxylic acids is 1. The van der Waals surface area contributed by atoms with Gasteiger partial charge in [-0.1, -0.05) is 28.4 Å². The predicted molar refractivity (Wildman–Crippen MR) is 92.7 cm³/mol. The van der Waals surface area contributed by atoms with Gasteiger partial charge in [0.05, 0.1) is 9.21 Å². The second-order valence-corrected chi connectivity index (χ2v) is 7.20. The van der Waals surface area contributed by atoms with E-state index in [1.165, 1.54) is 29.8 Å². The van der Waals surface area contributed by atoms with Crippen molar-refractivity contribution in [2.75, 3.05) is 12.3 Å². The Hall–Kier alpha value is -1.79. The fourth-order valence-electron chi connectivity index (χ4n) is 2.69. The molecule has 7 heteroatoms. The minimum Gasteiger partial charge on any atom is -0.367 e. The van der Waals surface area contributed by atoms with Crippen LogP contribution in [0.2, 0.25) is 4.34 Å². The summed E-state index contributed by atoms with van der Waals surface area (Å²) in [5.74, 6) is -0.237. The van der Waals surface area contributed by atoms with E-state index >= 15 is 0 Å². The minimum absolute atomic E-state index is 0.0268. The molecule has 0 saturated heterocycles. The van der Waals surface area contributed by atoms with E-state index in [2.05, 4.69) is 16.5 Å². The molecule has 2 aromatic heterocycles. The smallest absolute Gasteiger partial charge is 0.259 e. The van der Waals surface area contributed by atoms with Gasteiger partial charge in [-0.3, -0.25) is 4.79 Å². The lowest BCUT2D eigenvalue weighted by atomic mass is 9.97. The van der Waals surface area contributed by atoms with Crippen molar-refractivity contribution < 1.29 is 9.32 Å². The van der Waals surface area contributed by atoms with Gasteiger partial charge in [-0.05, 0) is 44.2 Å². The quantitative estimate of drug-likeness (QED) is 0.788. The Balaban J connectivity index is 1.67.